The van der Waals surface area contributed by atoms with Crippen LogP contribution in [0.3, 0.4) is 0 Å². The van der Waals surface area contributed by atoms with Crippen molar-refractivity contribution in [1.29, 1.82) is 0 Å². The van der Waals surface area contributed by atoms with Crippen molar-refractivity contribution in [3.63, 3.8) is 0 Å². The number of carbonyl (C=O) groups is 5. The average Bonchev–Trinajstić information content (AvgIpc) is 3.39. The summed E-state index contributed by atoms with van der Waals surface area (Å²) < 4.78 is 11.3. The first-order valence-electron chi connectivity index (χ1n) is 18.8. The highest BCUT2D eigenvalue weighted by atomic mass is 16.6. The molecule has 0 aromatic heterocycles. The van der Waals surface area contributed by atoms with Gasteiger partial charge in [0.25, 0.3) is 0 Å². The van der Waals surface area contributed by atoms with Crippen LogP contribution in [-0.4, -0.2) is 113 Å². The van der Waals surface area contributed by atoms with E-state index < -0.39 is 65.2 Å². The topological polar surface area (TPSA) is 146 Å². The number of nitrogens with zero attached hydrogens (tertiary/aromatic N) is 3. The Hall–Kier alpha value is -4.45. The Labute approximate surface area is 321 Å². The van der Waals surface area contributed by atoms with Crippen LogP contribution in [0.1, 0.15) is 99.1 Å². The smallest absolute Gasteiger partial charge is 0.407 e. The Kier molecular flexibility index (Phi) is 14.5. The van der Waals surface area contributed by atoms with Gasteiger partial charge in [-0.15, -0.1) is 0 Å². The molecule has 1 aliphatic carbocycles. The van der Waals surface area contributed by atoms with E-state index in [0.717, 1.165) is 22.3 Å². The zero-order chi connectivity index (χ0) is 40.9. The van der Waals surface area contributed by atoms with Gasteiger partial charge in [-0.3, -0.25) is 14.4 Å². The molecule has 298 valence electrons. The van der Waals surface area contributed by atoms with Crippen LogP contribution in [0.15, 0.2) is 48.5 Å². The number of ether oxygens (including phenoxy) is 2. The van der Waals surface area contributed by atoms with Crippen LogP contribution >= 0.6 is 0 Å². The minimum absolute atomic E-state index is 0.0184. The van der Waals surface area contributed by atoms with Crippen molar-refractivity contribution in [2.24, 2.45) is 11.8 Å². The number of esters is 1. The molecular weight excluding hydrogens is 688 g/mol. The minimum atomic E-state index is -1.38. The number of hydrogen-bond acceptors (Lipinski definition) is 8. The lowest BCUT2D eigenvalue weighted by Gasteiger charge is -2.40. The lowest BCUT2D eigenvalue weighted by atomic mass is 9.94. The molecule has 0 aliphatic heterocycles. The summed E-state index contributed by atoms with van der Waals surface area (Å²) in [5.41, 5.74) is 2.14. The monoisotopic (exact) mass is 750 g/mol. The van der Waals surface area contributed by atoms with E-state index in [2.05, 4.69) is 5.32 Å². The summed E-state index contributed by atoms with van der Waals surface area (Å²) in [5, 5.41) is 13.5. The highest BCUT2D eigenvalue weighted by Gasteiger charge is 2.42. The Morgan fingerprint density at radius 3 is 1.69 bits per heavy atom. The number of likely N-dealkylation sites (N-methyl/N-ethyl adjacent to an activating group) is 3. The molecule has 0 spiro atoms. The van der Waals surface area contributed by atoms with Crippen LogP contribution in [0.25, 0.3) is 11.1 Å². The summed E-state index contributed by atoms with van der Waals surface area (Å²) in [4.78, 5) is 72.6. The Morgan fingerprint density at radius 2 is 1.22 bits per heavy atom. The third-order valence-electron chi connectivity index (χ3n) is 9.68. The highest BCUT2D eigenvalue weighted by molar-refractivity contribution is 5.94. The fourth-order valence-electron chi connectivity index (χ4n) is 7.07. The average molecular weight is 751 g/mol. The molecular formula is C42H62N4O8. The predicted octanol–water partition coefficient (Wildman–Crippen LogP) is 5.60. The number of nitrogens with one attached hydrogen (secondary N) is 1. The van der Waals surface area contributed by atoms with Crippen molar-refractivity contribution in [3.8, 4) is 11.1 Å². The molecule has 0 radical (unpaired) electrons. The molecule has 2 N–H and O–H groups in total. The lowest BCUT2D eigenvalue weighted by Crippen LogP contribution is -2.60. The van der Waals surface area contributed by atoms with Gasteiger partial charge >= 0.3 is 12.1 Å². The van der Waals surface area contributed by atoms with Crippen molar-refractivity contribution in [3.05, 3.63) is 59.7 Å². The first-order valence-corrected chi connectivity index (χ1v) is 18.8. The molecule has 0 bridgehead atoms. The Morgan fingerprint density at radius 1 is 0.741 bits per heavy atom. The molecule has 0 unspecified atom stereocenters. The third kappa shape index (κ3) is 11.1. The molecule has 3 rings (SSSR count). The van der Waals surface area contributed by atoms with Gasteiger partial charge in [0, 0.05) is 33.5 Å². The van der Waals surface area contributed by atoms with E-state index in [0.29, 0.717) is 0 Å². The molecule has 4 amide bonds. The van der Waals surface area contributed by atoms with Crippen molar-refractivity contribution in [2.75, 3.05) is 27.7 Å². The van der Waals surface area contributed by atoms with Crippen molar-refractivity contribution in [1.82, 2.24) is 20.0 Å². The third-order valence-corrected chi connectivity index (χ3v) is 9.68. The fraction of sp³-hybridized carbons (Fsp3) is 0.595. The zero-order valence-electron chi connectivity index (χ0n) is 34.4. The second-order valence-electron chi connectivity index (χ2n) is 16.9. The van der Waals surface area contributed by atoms with Gasteiger partial charge in [0.15, 0.2) is 0 Å². The minimum Gasteiger partial charge on any atom is -0.458 e. The molecule has 1 aliphatic rings. The van der Waals surface area contributed by atoms with Crippen LogP contribution in [0.2, 0.25) is 0 Å². The Balaban J connectivity index is 1.79. The van der Waals surface area contributed by atoms with Crippen molar-refractivity contribution < 1.29 is 38.6 Å². The maximum atomic E-state index is 14.4. The quantitative estimate of drug-likeness (QED) is 0.224. The fourth-order valence-corrected chi connectivity index (χ4v) is 7.07. The number of fused-ring (bicyclic) bond motifs is 3. The van der Waals surface area contributed by atoms with E-state index in [4.69, 9.17) is 9.47 Å². The van der Waals surface area contributed by atoms with Gasteiger partial charge in [-0.1, -0.05) is 76.2 Å². The summed E-state index contributed by atoms with van der Waals surface area (Å²) in [6, 6.07) is 11.8. The van der Waals surface area contributed by atoms with Crippen LogP contribution in [0, 0.1) is 11.8 Å². The lowest BCUT2D eigenvalue weighted by molar-refractivity contribution is -0.167. The number of amides is 4. The van der Waals surface area contributed by atoms with Gasteiger partial charge in [0.1, 0.15) is 36.4 Å². The number of aliphatic hydroxyl groups is 1. The van der Waals surface area contributed by atoms with Gasteiger partial charge in [0.2, 0.25) is 17.7 Å². The molecule has 12 nitrogen and oxygen atoms in total. The summed E-state index contributed by atoms with van der Waals surface area (Å²) in [6.07, 6.45) is -0.665. The van der Waals surface area contributed by atoms with Crippen LogP contribution in [-0.2, 0) is 28.7 Å². The first kappa shape index (κ1) is 44.0. The molecule has 0 fully saturated rings. The molecule has 0 saturated carbocycles. The van der Waals surface area contributed by atoms with Crippen LogP contribution in [0.5, 0.6) is 0 Å². The second kappa shape index (κ2) is 17.8. The summed E-state index contributed by atoms with van der Waals surface area (Å²) in [5.74, 6) is -2.64. The van der Waals surface area contributed by atoms with E-state index in [1.807, 2.05) is 76.2 Å². The van der Waals surface area contributed by atoms with E-state index in [-0.39, 0.29) is 37.2 Å². The van der Waals surface area contributed by atoms with E-state index in [9.17, 15) is 29.1 Å². The normalized spacial score (nSPS) is 15.0. The number of hydrogen-bond donors (Lipinski definition) is 2. The number of carbonyl (C=O) groups excluding carboxylic acids is 5. The molecule has 12 heteroatoms. The van der Waals surface area contributed by atoms with Crippen LogP contribution in [0.4, 0.5) is 4.79 Å². The number of alkyl carbamates (subject to hydrolysis) is 1. The standard InChI is InChI=1S/C42H62N4O8/c1-25(2)22-33(37(48)46(13)35(26(3)4)39(50)54-41(6,7)8)44(11)38(49)34(23-42(9,10)52)45(12)36(47)27(5)43-40(51)53-24-32-30-20-16-14-18-28(30)29-19-15-17-21-31(29)32/h14-21,25-27,32-35,52H,22-24H2,1-13H3,(H,43,51)/t27-,33+,34+,35+/m1/s1. The second-order valence-corrected chi connectivity index (χ2v) is 16.9. The maximum absolute atomic E-state index is 14.4. The largest absolute Gasteiger partial charge is 0.458 e. The van der Waals surface area contributed by atoms with Gasteiger partial charge < -0.3 is 34.6 Å². The molecule has 54 heavy (non-hydrogen) atoms. The maximum Gasteiger partial charge on any atom is 0.407 e. The summed E-state index contributed by atoms with van der Waals surface area (Å²) >= 11 is 0. The molecule has 4 atom stereocenters. The van der Waals surface area contributed by atoms with E-state index in [1.54, 1.807) is 20.8 Å². The van der Waals surface area contributed by atoms with E-state index >= 15 is 0 Å². The number of rotatable bonds is 15. The van der Waals surface area contributed by atoms with Gasteiger partial charge in [-0.25, -0.2) is 9.59 Å². The first-order chi connectivity index (χ1) is 24.9. The molecule has 0 saturated heterocycles. The molecule has 2 aromatic rings. The van der Waals surface area contributed by atoms with Gasteiger partial charge in [-0.05, 0) is 82.1 Å². The summed E-state index contributed by atoms with van der Waals surface area (Å²) in [7, 11) is 4.46. The van der Waals surface area contributed by atoms with Crippen molar-refractivity contribution >= 4 is 29.8 Å². The van der Waals surface area contributed by atoms with Gasteiger partial charge in [-0.2, -0.15) is 0 Å². The molecule has 0 heterocycles. The Bertz CT molecular complexity index is 1610. The SMILES string of the molecule is CC(C)C[C@@H](C(=O)N(C)[C@H](C(=O)OC(C)(C)C)C(C)C)N(C)C(=O)[C@H](CC(C)(C)O)N(C)C(=O)[C@@H](C)NC(=O)OCC1c2ccccc2-c2ccccc21. The predicted molar refractivity (Wildman–Crippen MR) is 208 cm³/mol. The molecule has 2 aromatic carbocycles. The highest BCUT2D eigenvalue weighted by Crippen LogP contribution is 2.44. The van der Waals surface area contributed by atoms with E-state index in [1.165, 1.54) is 56.6 Å². The summed E-state index contributed by atoms with van der Waals surface area (Å²) in [6.45, 7) is 17.4. The van der Waals surface area contributed by atoms with Crippen molar-refractivity contribution in [2.45, 2.75) is 123 Å². The number of benzene rings is 2. The van der Waals surface area contributed by atoms with Gasteiger partial charge in [0.05, 0.1) is 5.60 Å². The van der Waals surface area contributed by atoms with Crippen LogP contribution < -0.4 is 5.32 Å². The zero-order valence-corrected chi connectivity index (χ0v) is 34.4.